The normalized spacial score (nSPS) is 37.3. The van der Waals surface area contributed by atoms with Crippen LogP contribution in [-0.4, -0.2) is 89.6 Å². The number of rotatable bonds is 14. The summed E-state index contributed by atoms with van der Waals surface area (Å²) in [6.07, 6.45) is 15.2. The number of amides is 8. The largest absolute Gasteiger partial charge is 0.369 e. The molecule has 0 spiro atoms. The van der Waals surface area contributed by atoms with Gasteiger partial charge in [0.1, 0.15) is 0 Å². The fourth-order valence-electron chi connectivity index (χ4n) is 12.2. The molecule has 0 unspecified atom stereocenters. The van der Waals surface area contributed by atoms with Crippen LogP contribution < -0.4 is 43.0 Å². The first-order chi connectivity index (χ1) is 28.9. The molecule has 0 aromatic carbocycles. The lowest BCUT2D eigenvalue weighted by atomic mass is 9.95. The van der Waals surface area contributed by atoms with Gasteiger partial charge in [0.2, 0.25) is 47.3 Å². The monoisotopic (exact) mass is 837 g/mol. The molecule has 7 saturated carbocycles. The van der Waals surface area contributed by atoms with E-state index >= 15 is 0 Å². The molecule has 332 valence electrons. The van der Waals surface area contributed by atoms with E-state index in [2.05, 4.69) is 37.2 Å². The molecule has 7 aliphatic carbocycles. The van der Waals surface area contributed by atoms with Crippen molar-refractivity contribution in [2.45, 2.75) is 184 Å². The van der Waals surface area contributed by atoms with Gasteiger partial charge in [-0.25, -0.2) is 0 Å². The van der Waals surface area contributed by atoms with Crippen LogP contribution in [0.25, 0.3) is 0 Å². The van der Waals surface area contributed by atoms with Crippen molar-refractivity contribution in [3.05, 3.63) is 0 Å². The SMILES string of the molecule is CC(=O)N[C@@H]1CCC[C@@H]1C(=O)N[C@H]1CCC[C@H]1C(=O)N[C@@H]1CCC[C@@H]1C(=O)N[C@H]1CCC[C@H]1C(=O)N[C@@H]1CCC[C@@H]1C(=O)N[C@H]1CCC[C@H]1C(=O)N[C@@H]1CCC[C@@H]1C(N)=O. The van der Waals surface area contributed by atoms with Gasteiger partial charge < -0.3 is 43.0 Å². The molecule has 0 radical (unpaired) electrons. The maximum atomic E-state index is 13.8. The second kappa shape index (κ2) is 19.6. The molecule has 14 atom stereocenters. The Morgan fingerprint density at radius 2 is 0.483 bits per heavy atom. The van der Waals surface area contributed by atoms with Gasteiger partial charge in [-0.15, -0.1) is 0 Å². The van der Waals surface area contributed by atoms with E-state index in [1.54, 1.807) is 0 Å². The zero-order valence-electron chi connectivity index (χ0n) is 35.3. The maximum absolute atomic E-state index is 13.8. The highest BCUT2D eigenvalue weighted by atomic mass is 16.2. The van der Waals surface area contributed by atoms with Crippen molar-refractivity contribution < 1.29 is 38.4 Å². The van der Waals surface area contributed by atoms with Gasteiger partial charge in [0.15, 0.2) is 0 Å². The smallest absolute Gasteiger partial charge is 0.225 e. The molecule has 8 amide bonds. The first kappa shape index (κ1) is 43.8. The van der Waals surface area contributed by atoms with E-state index in [0.29, 0.717) is 83.5 Å². The van der Waals surface area contributed by atoms with E-state index in [1.807, 2.05) is 0 Å². The molecule has 7 rings (SSSR count). The van der Waals surface area contributed by atoms with Crippen LogP contribution in [0.15, 0.2) is 0 Å². The number of carbonyl (C=O) groups is 8. The number of carbonyl (C=O) groups excluding carboxylic acids is 8. The third-order valence-corrected chi connectivity index (χ3v) is 15.4. The maximum Gasteiger partial charge on any atom is 0.225 e. The Morgan fingerprint density at radius 1 is 0.300 bits per heavy atom. The predicted molar refractivity (Wildman–Crippen MR) is 220 cm³/mol. The first-order valence-electron chi connectivity index (χ1n) is 23.3. The van der Waals surface area contributed by atoms with Crippen LogP contribution in [0.1, 0.15) is 142 Å². The molecule has 0 aliphatic heterocycles. The van der Waals surface area contributed by atoms with Gasteiger partial charge in [-0.1, -0.05) is 44.9 Å². The van der Waals surface area contributed by atoms with Gasteiger partial charge in [-0.05, 0) is 89.9 Å². The van der Waals surface area contributed by atoms with Crippen LogP contribution >= 0.6 is 0 Å². The quantitative estimate of drug-likeness (QED) is 0.127. The summed E-state index contributed by atoms with van der Waals surface area (Å²) >= 11 is 0. The zero-order valence-corrected chi connectivity index (χ0v) is 35.3. The lowest BCUT2D eigenvalue weighted by Crippen LogP contribution is -2.53. The number of primary amides is 1. The zero-order chi connectivity index (χ0) is 42.5. The molecule has 16 heteroatoms. The van der Waals surface area contributed by atoms with E-state index in [0.717, 1.165) is 51.4 Å². The van der Waals surface area contributed by atoms with E-state index < -0.39 is 23.7 Å². The molecule has 0 saturated heterocycles. The summed E-state index contributed by atoms with van der Waals surface area (Å²) < 4.78 is 0. The fourth-order valence-corrected chi connectivity index (χ4v) is 12.2. The van der Waals surface area contributed by atoms with Crippen LogP contribution in [0.4, 0.5) is 0 Å². The van der Waals surface area contributed by atoms with Crippen LogP contribution in [0.3, 0.4) is 0 Å². The van der Waals surface area contributed by atoms with Gasteiger partial charge in [-0.3, -0.25) is 38.4 Å². The molecule has 0 heterocycles. The highest BCUT2D eigenvalue weighted by Gasteiger charge is 2.45. The topological polar surface area (TPSA) is 247 Å². The Morgan fingerprint density at radius 3 is 0.683 bits per heavy atom. The van der Waals surface area contributed by atoms with Gasteiger partial charge in [0, 0.05) is 49.2 Å². The summed E-state index contributed by atoms with van der Waals surface area (Å²) in [4.78, 5) is 105. The lowest BCUT2D eigenvalue weighted by molar-refractivity contribution is -0.131. The molecule has 0 aromatic heterocycles. The second-order valence-electron chi connectivity index (χ2n) is 19.2. The minimum atomic E-state index is -0.427. The minimum absolute atomic E-state index is 0.114. The Balaban J connectivity index is 0.879. The number of hydrogen-bond acceptors (Lipinski definition) is 8. The summed E-state index contributed by atoms with van der Waals surface area (Å²) in [6.45, 7) is 1.46. The van der Waals surface area contributed by atoms with Crippen LogP contribution in [0.2, 0.25) is 0 Å². The Hall–Kier alpha value is -4.24. The Bertz CT molecular complexity index is 1660. The number of nitrogens with one attached hydrogen (secondary N) is 7. The molecule has 7 aliphatic rings. The van der Waals surface area contributed by atoms with Gasteiger partial charge in [0.25, 0.3) is 0 Å². The van der Waals surface area contributed by atoms with Crippen LogP contribution in [-0.2, 0) is 38.4 Å². The summed E-state index contributed by atoms with van der Waals surface area (Å²) in [5.41, 5.74) is 5.57. The summed E-state index contributed by atoms with van der Waals surface area (Å²) in [5, 5.41) is 21.8. The van der Waals surface area contributed by atoms with Crippen LogP contribution in [0, 0.1) is 41.4 Å². The van der Waals surface area contributed by atoms with Gasteiger partial charge in [-0.2, -0.15) is 0 Å². The third kappa shape index (κ3) is 10.1. The van der Waals surface area contributed by atoms with Crippen molar-refractivity contribution in [3.8, 4) is 0 Å². The molecular formula is C44H68N8O8. The van der Waals surface area contributed by atoms with E-state index in [1.165, 1.54) is 6.92 Å². The highest BCUT2D eigenvalue weighted by molar-refractivity contribution is 5.88. The molecule has 0 aromatic rings. The van der Waals surface area contributed by atoms with Crippen LogP contribution in [0.5, 0.6) is 0 Å². The highest BCUT2D eigenvalue weighted by Crippen LogP contribution is 2.35. The summed E-state index contributed by atoms with van der Waals surface area (Å²) in [6, 6.07) is -2.08. The third-order valence-electron chi connectivity index (χ3n) is 15.4. The van der Waals surface area contributed by atoms with Crippen molar-refractivity contribution >= 4 is 47.3 Å². The van der Waals surface area contributed by atoms with Crippen molar-refractivity contribution in [1.29, 1.82) is 0 Å². The number of nitrogens with two attached hydrogens (primary N) is 1. The first-order valence-corrected chi connectivity index (χ1v) is 23.3. The van der Waals surface area contributed by atoms with Crippen molar-refractivity contribution in [1.82, 2.24) is 37.2 Å². The molecule has 7 fully saturated rings. The summed E-state index contributed by atoms with van der Waals surface area (Å²) in [5.74, 6) is -4.12. The van der Waals surface area contributed by atoms with Gasteiger partial charge in [0.05, 0.1) is 41.4 Å². The number of hydrogen-bond donors (Lipinski definition) is 8. The van der Waals surface area contributed by atoms with E-state index in [9.17, 15) is 38.4 Å². The lowest BCUT2D eigenvalue weighted by Gasteiger charge is -2.29. The molecule has 9 N–H and O–H groups in total. The minimum Gasteiger partial charge on any atom is -0.369 e. The molecule has 0 bridgehead atoms. The molecule has 60 heavy (non-hydrogen) atoms. The fraction of sp³-hybridized carbons (Fsp3) is 0.818. The second-order valence-corrected chi connectivity index (χ2v) is 19.2. The Kier molecular flexibility index (Phi) is 14.4. The van der Waals surface area contributed by atoms with E-state index in [4.69, 9.17) is 5.73 Å². The van der Waals surface area contributed by atoms with E-state index in [-0.39, 0.29) is 107 Å². The molecular weight excluding hydrogens is 769 g/mol. The van der Waals surface area contributed by atoms with Crippen molar-refractivity contribution in [2.75, 3.05) is 0 Å². The predicted octanol–water partition coefficient (Wildman–Crippen LogP) is 1.49. The average Bonchev–Trinajstić information content (AvgIpc) is 4.05. The Labute approximate surface area is 353 Å². The standard InChI is InChI=1S/C44H68N8O8/c1-23(53)46-32-17-3-10-25(32)39(55)48-34-19-5-12-27(34)41(57)50-36-21-7-14-29(36)43(59)52-37-22-8-15-30(37)44(60)51-35-20-6-13-28(35)42(58)49-33-18-4-11-26(33)40(56)47-31-16-2-9-24(31)38(45)54/h24-37H,2-22H2,1H3,(H2,45,54)(H,46,53)(H,47,56)(H,48,55)(H,49,58)(H,50,57)(H,51,60)(H,52,59)/t24-,25-,26+,27+,28-,29-,30+,31+,32+,33-,34-,35+,36+,37-/m0/s1. The molecule has 16 nitrogen and oxygen atoms in total. The summed E-state index contributed by atoms with van der Waals surface area (Å²) in [7, 11) is 0. The van der Waals surface area contributed by atoms with Crippen molar-refractivity contribution in [3.63, 3.8) is 0 Å². The van der Waals surface area contributed by atoms with Gasteiger partial charge >= 0.3 is 0 Å². The average molecular weight is 837 g/mol. The van der Waals surface area contributed by atoms with Crippen molar-refractivity contribution in [2.24, 2.45) is 47.2 Å².